The van der Waals surface area contributed by atoms with Crippen molar-refractivity contribution < 1.29 is 9.84 Å². The molecule has 1 atom stereocenters. The summed E-state index contributed by atoms with van der Waals surface area (Å²) in [5.41, 5.74) is 7.00. The van der Waals surface area contributed by atoms with E-state index in [2.05, 4.69) is 39.8 Å². The molecule has 0 fully saturated rings. The summed E-state index contributed by atoms with van der Waals surface area (Å²) in [5, 5.41) is 9.51. The van der Waals surface area contributed by atoms with Crippen molar-refractivity contribution in [2.45, 2.75) is 65.3 Å². The van der Waals surface area contributed by atoms with Crippen LogP contribution in [0.2, 0.25) is 0 Å². The SMILES string of the molecule is CC(C)CCCCOc1ccc(CCC(N)(CO)C(C)C)cc1. The van der Waals surface area contributed by atoms with Crippen LogP contribution in [0.25, 0.3) is 0 Å². The predicted molar refractivity (Wildman–Crippen MR) is 97.8 cm³/mol. The van der Waals surface area contributed by atoms with Gasteiger partial charge in [-0.1, -0.05) is 46.2 Å². The van der Waals surface area contributed by atoms with Crippen molar-refractivity contribution in [2.75, 3.05) is 13.2 Å². The Morgan fingerprint density at radius 3 is 2.26 bits per heavy atom. The van der Waals surface area contributed by atoms with Gasteiger partial charge in [-0.15, -0.1) is 0 Å². The topological polar surface area (TPSA) is 55.5 Å². The van der Waals surface area contributed by atoms with Crippen molar-refractivity contribution in [3.8, 4) is 5.75 Å². The maximum absolute atomic E-state index is 9.51. The fraction of sp³-hybridized carbons (Fsp3) is 0.700. The number of unbranched alkanes of at least 4 members (excludes halogenated alkanes) is 1. The number of hydrogen-bond acceptors (Lipinski definition) is 3. The van der Waals surface area contributed by atoms with Gasteiger partial charge in [-0.3, -0.25) is 0 Å². The monoisotopic (exact) mass is 321 g/mol. The Hall–Kier alpha value is -1.06. The van der Waals surface area contributed by atoms with Gasteiger partial charge in [-0.05, 0) is 55.2 Å². The van der Waals surface area contributed by atoms with Crippen molar-refractivity contribution in [3.05, 3.63) is 29.8 Å². The van der Waals surface area contributed by atoms with Gasteiger partial charge < -0.3 is 15.6 Å². The van der Waals surface area contributed by atoms with E-state index in [4.69, 9.17) is 10.5 Å². The van der Waals surface area contributed by atoms with Crippen molar-refractivity contribution in [1.82, 2.24) is 0 Å². The lowest BCUT2D eigenvalue weighted by molar-refractivity contribution is 0.146. The van der Waals surface area contributed by atoms with E-state index in [1.165, 1.54) is 18.4 Å². The van der Waals surface area contributed by atoms with Crippen molar-refractivity contribution in [2.24, 2.45) is 17.6 Å². The zero-order chi connectivity index (χ0) is 17.3. The molecule has 1 rings (SSSR count). The Morgan fingerprint density at radius 1 is 1.09 bits per heavy atom. The Morgan fingerprint density at radius 2 is 1.74 bits per heavy atom. The lowest BCUT2D eigenvalue weighted by Gasteiger charge is -2.31. The number of hydrogen-bond donors (Lipinski definition) is 2. The molecular weight excluding hydrogens is 286 g/mol. The minimum atomic E-state index is -0.494. The van der Waals surface area contributed by atoms with Crippen molar-refractivity contribution in [3.63, 3.8) is 0 Å². The number of aliphatic hydroxyl groups excluding tert-OH is 1. The summed E-state index contributed by atoms with van der Waals surface area (Å²) >= 11 is 0. The first-order valence-electron chi connectivity index (χ1n) is 8.99. The number of nitrogens with two attached hydrogens (primary N) is 1. The molecule has 23 heavy (non-hydrogen) atoms. The summed E-state index contributed by atoms with van der Waals surface area (Å²) < 4.78 is 5.78. The summed E-state index contributed by atoms with van der Waals surface area (Å²) in [4.78, 5) is 0. The Kier molecular flexibility index (Phi) is 8.64. The minimum Gasteiger partial charge on any atom is -0.494 e. The lowest BCUT2D eigenvalue weighted by Crippen LogP contribution is -2.48. The molecule has 3 N–H and O–H groups in total. The van der Waals surface area contributed by atoms with E-state index < -0.39 is 5.54 Å². The van der Waals surface area contributed by atoms with Crippen molar-refractivity contribution in [1.29, 1.82) is 0 Å². The molecule has 3 heteroatoms. The van der Waals surface area contributed by atoms with E-state index >= 15 is 0 Å². The van der Waals surface area contributed by atoms with E-state index in [0.29, 0.717) is 0 Å². The van der Waals surface area contributed by atoms with E-state index in [1.54, 1.807) is 0 Å². The first-order chi connectivity index (χ1) is 10.9. The van der Waals surface area contributed by atoms with Crippen LogP contribution in [0.1, 0.15) is 58.9 Å². The normalized spacial score (nSPS) is 14.3. The largest absolute Gasteiger partial charge is 0.494 e. The maximum Gasteiger partial charge on any atom is 0.119 e. The first kappa shape index (κ1) is 20.0. The number of aryl methyl sites for hydroxylation is 1. The smallest absolute Gasteiger partial charge is 0.119 e. The molecule has 0 amide bonds. The van der Waals surface area contributed by atoms with E-state index in [1.807, 2.05) is 12.1 Å². The van der Waals surface area contributed by atoms with Gasteiger partial charge in [0.1, 0.15) is 5.75 Å². The molecule has 0 spiro atoms. The van der Waals surface area contributed by atoms with E-state index in [-0.39, 0.29) is 12.5 Å². The molecule has 0 radical (unpaired) electrons. The summed E-state index contributed by atoms with van der Waals surface area (Å²) in [6.07, 6.45) is 5.27. The van der Waals surface area contributed by atoms with Crippen LogP contribution < -0.4 is 10.5 Å². The van der Waals surface area contributed by atoms with Crippen LogP contribution in [0.5, 0.6) is 5.75 Å². The molecule has 1 aromatic carbocycles. The third kappa shape index (κ3) is 7.36. The standard InChI is InChI=1S/C20H35NO2/c1-16(2)7-5-6-14-23-19-10-8-18(9-11-19)12-13-20(21,15-22)17(3)4/h8-11,16-17,22H,5-7,12-15,21H2,1-4H3. The average Bonchev–Trinajstić information content (AvgIpc) is 2.53. The van der Waals surface area contributed by atoms with Gasteiger partial charge >= 0.3 is 0 Å². The molecule has 0 bridgehead atoms. The quantitative estimate of drug-likeness (QED) is 0.601. The first-order valence-corrected chi connectivity index (χ1v) is 8.99. The van der Waals surface area contributed by atoms with Crippen LogP contribution in [0, 0.1) is 11.8 Å². The van der Waals surface area contributed by atoms with E-state index in [0.717, 1.165) is 37.5 Å². The highest BCUT2D eigenvalue weighted by Crippen LogP contribution is 2.21. The van der Waals surface area contributed by atoms with Gasteiger partial charge in [-0.25, -0.2) is 0 Å². The third-order valence-electron chi connectivity index (χ3n) is 4.69. The summed E-state index contributed by atoms with van der Waals surface area (Å²) in [7, 11) is 0. The molecule has 0 aliphatic carbocycles. The molecule has 0 saturated heterocycles. The molecule has 132 valence electrons. The fourth-order valence-corrected chi connectivity index (χ4v) is 2.52. The van der Waals surface area contributed by atoms with Gasteiger partial charge in [0.15, 0.2) is 0 Å². The van der Waals surface area contributed by atoms with Crippen LogP contribution in [0.15, 0.2) is 24.3 Å². The molecule has 0 aliphatic rings. The number of benzene rings is 1. The van der Waals surface area contributed by atoms with Gasteiger partial charge in [0.2, 0.25) is 0 Å². The highest BCUT2D eigenvalue weighted by molar-refractivity contribution is 5.27. The predicted octanol–water partition coefficient (Wildman–Crippen LogP) is 4.17. The van der Waals surface area contributed by atoms with Crippen LogP contribution in [0.4, 0.5) is 0 Å². The zero-order valence-corrected chi connectivity index (χ0v) is 15.3. The maximum atomic E-state index is 9.51. The second-order valence-corrected chi connectivity index (χ2v) is 7.43. The molecule has 0 aliphatic heterocycles. The molecule has 0 saturated carbocycles. The van der Waals surface area contributed by atoms with Gasteiger partial charge in [-0.2, -0.15) is 0 Å². The molecule has 0 heterocycles. The van der Waals surface area contributed by atoms with Gasteiger partial charge in [0.25, 0.3) is 0 Å². The molecule has 0 aromatic heterocycles. The average molecular weight is 322 g/mol. The third-order valence-corrected chi connectivity index (χ3v) is 4.69. The Bertz CT molecular complexity index is 428. The Balaban J connectivity index is 2.36. The Labute approximate surface area is 142 Å². The zero-order valence-electron chi connectivity index (χ0n) is 15.3. The number of ether oxygens (including phenoxy) is 1. The second kappa shape index (κ2) is 9.94. The fourth-order valence-electron chi connectivity index (χ4n) is 2.52. The van der Waals surface area contributed by atoms with Crippen molar-refractivity contribution >= 4 is 0 Å². The minimum absolute atomic E-state index is 0.0300. The van der Waals surface area contributed by atoms with E-state index in [9.17, 15) is 5.11 Å². The highest BCUT2D eigenvalue weighted by Gasteiger charge is 2.27. The molecule has 1 aromatic rings. The molecule has 3 nitrogen and oxygen atoms in total. The summed E-state index contributed by atoms with van der Waals surface area (Å²) in [6, 6.07) is 8.26. The number of rotatable bonds is 11. The van der Waals surface area contributed by atoms with Gasteiger partial charge in [0.05, 0.1) is 13.2 Å². The van der Waals surface area contributed by atoms with Crippen LogP contribution >= 0.6 is 0 Å². The lowest BCUT2D eigenvalue weighted by atomic mass is 9.83. The number of aliphatic hydroxyl groups is 1. The second-order valence-electron chi connectivity index (χ2n) is 7.43. The molecular formula is C20H35NO2. The highest BCUT2D eigenvalue weighted by atomic mass is 16.5. The summed E-state index contributed by atoms with van der Waals surface area (Å²) in [6.45, 7) is 9.45. The van der Waals surface area contributed by atoms with Crippen LogP contribution in [0.3, 0.4) is 0 Å². The van der Waals surface area contributed by atoms with Crippen LogP contribution in [-0.4, -0.2) is 23.9 Å². The van der Waals surface area contributed by atoms with Crippen LogP contribution in [-0.2, 0) is 6.42 Å². The van der Waals surface area contributed by atoms with Gasteiger partial charge in [0, 0.05) is 5.54 Å². The summed E-state index contributed by atoms with van der Waals surface area (Å²) in [5.74, 6) is 1.97. The molecule has 1 unspecified atom stereocenters.